The van der Waals surface area contributed by atoms with Crippen LogP contribution in [0.5, 0.6) is 5.75 Å². The van der Waals surface area contributed by atoms with Gasteiger partial charge in [-0.1, -0.05) is 18.2 Å². The minimum Gasteiger partial charge on any atom is -0.497 e. The molecule has 0 heterocycles. The van der Waals surface area contributed by atoms with E-state index in [1.54, 1.807) is 26.2 Å². The number of carbonyl (C=O) groups is 1. The van der Waals surface area contributed by atoms with Crippen LogP contribution in [0.2, 0.25) is 0 Å². The fourth-order valence-electron chi connectivity index (χ4n) is 2.66. The van der Waals surface area contributed by atoms with Crippen molar-refractivity contribution in [2.45, 2.75) is 18.4 Å². The minimum absolute atomic E-state index is 0.146. The first-order valence-electron chi connectivity index (χ1n) is 8.40. The fraction of sp³-hybridized carbons (Fsp3) is 0.316. The Balaban J connectivity index is 2.02. The minimum atomic E-state index is -3.58. The van der Waals surface area contributed by atoms with Gasteiger partial charge in [0.25, 0.3) is 0 Å². The number of hydrogen-bond donors (Lipinski definition) is 2. The van der Waals surface area contributed by atoms with Gasteiger partial charge in [0.1, 0.15) is 5.75 Å². The van der Waals surface area contributed by atoms with Gasteiger partial charge < -0.3 is 10.1 Å². The normalized spacial score (nSPS) is 11.4. The molecular weight excluding hydrogens is 366 g/mol. The molecular formula is C19H25N3O4S. The summed E-state index contributed by atoms with van der Waals surface area (Å²) in [7, 11) is 1.22. The largest absolute Gasteiger partial charge is 0.497 e. The van der Waals surface area contributed by atoms with Crippen LogP contribution in [0.25, 0.3) is 0 Å². The number of rotatable bonds is 8. The van der Waals surface area contributed by atoms with Gasteiger partial charge in [0, 0.05) is 12.2 Å². The SMILES string of the molecule is CNS(=O)(=O)c1cc(NC(=O)CN(C)Cc2cccc(OC)c2)ccc1C. The van der Waals surface area contributed by atoms with Crippen LogP contribution in [0.3, 0.4) is 0 Å². The zero-order valence-corrected chi connectivity index (χ0v) is 16.8. The van der Waals surface area contributed by atoms with Crippen molar-refractivity contribution in [3.63, 3.8) is 0 Å². The van der Waals surface area contributed by atoms with Gasteiger partial charge in [0.15, 0.2) is 0 Å². The molecule has 0 unspecified atom stereocenters. The average Bonchev–Trinajstić information content (AvgIpc) is 2.63. The molecule has 0 aliphatic heterocycles. The highest BCUT2D eigenvalue weighted by molar-refractivity contribution is 7.89. The van der Waals surface area contributed by atoms with Gasteiger partial charge in [-0.3, -0.25) is 9.69 Å². The third kappa shape index (κ3) is 5.78. The Morgan fingerprint density at radius 3 is 2.59 bits per heavy atom. The van der Waals surface area contributed by atoms with E-state index in [0.717, 1.165) is 11.3 Å². The Bertz CT molecular complexity index is 913. The van der Waals surface area contributed by atoms with Crippen LogP contribution in [0.4, 0.5) is 5.69 Å². The first-order valence-corrected chi connectivity index (χ1v) is 9.89. The second-order valence-corrected chi connectivity index (χ2v) is 8.11. The van der Waals surface area contributed by atoms with E-state index in [2.05, 4.69) is 10.0 Å². The van der Waals surface area contributed by atoms with Gasteiger partial charge in [-0.25, -0.2) is 13.1 Å². The van der Waals surface area contributed by atoms with Crippen molar-refractivity contribution in [1.29, 1.82) is 0 Å². The molecule has 8 heteroatoms. The van der Waals surface area contributed by atoms with Gasteiger partial charge in [0.2, 0.25) is 15.9 Å². The number of amides is 1. The molecule has 146 valence electrons. The Hall–Kier alpha value is -2.42. The maximum Gasteiger partial charge on any atom is 0.240 e. The molecule has 2 aromatic carbocycles. The number of hydrogen-bond acceptors (Lipinski definition) is 5. The highest BCUT2D eigenvalue weighted by Crippen LogP contribution is 2.20. The van der Waals surface area contributed by atoms with Gasteiger partial charge in [-0.2, -0.15) is 0 Å². The molecule has 2 rings (SSSR count). The third-order valence-electron chi connectivity index (χ3n) is 4.03. The summed E-state index contributed by atoms with van der Waals surface area (Å²) in [6.07, 6.45) is 0. The molecule has 0 bridgehead atoms. The van der Waals surface area contributed by atoms with Crippen LogP contribution >= 0.6 is 0 Å². The molecule has 0 aliphatic rings. The summed E-state index contributed by atoms with van der Waals surface area (Å²) in [5.74, 6) is 0.542. The maximum atomic E-state index is 12.3. The number of nitrogens with zero attached hydrogens (tertiary/aromatic N) is 1. The van der Waals surface area contributed by atoms with Crippen LogP contribution in [-0.2, 0) is 21.4 Å². The molecule has 0 saturated carbocycles. The Morgan fingerprint density at radius 2 is 1.93 bits per heavy atom. The van der Waals surface area contributed by atoms with Crippen LogP contribution in [0.15, 0.2) is 47.4 Å². The summed E-state index contributed by atoms with van der Waals surface area (Å²) in [5.41, 5.74) is 2.08. The number of carbonyl (C=O) groups excluding carboxylic acids is 1. The molecule has 0 radical (unpaired) electrons. The standard InChI is InChI=1S/C19H25N3O4S/c1-14-8-9-16(11-18(14)27(24,25)20-2)21-19(23)13-22(3)12-15-6-5-7-17(10-15)26-4/h5-11,20H,12-13H2,1-4H3,(H,21,23). The lowest BCUT2D eigenvalue weighted by Gasteiger charge is -2.17. The summed E-state index contributed by atoms with van der Waals surface area (Å²) in [6, 6.07) is 12.5. The van der Waals surface area contributed by atoms with E-state index in [9.17, 15) is 13.2 Å². The number of sulfonamides is 1. The molecule has 0 aromatic heterocycles. The van der Waals surface area contributed by atoms with Crippen molar-refractivity contribution in [3.8, 4) is 5.75 Å². The van der Waals surface area contributed by atoms with Crippen molar-refractivity contribution in [2.75, 3.05) is 33.1 Å². The number of ether oxygens (including phenoxy) is 1. The van der Waals surface area contributed by atoms with Crippen LogP contribution < -0.4 is 14.8 Å². The summed E-state index contributed by atoms with van der Waals surface area (Å²) in [4.78, 5) is 14.3. The Kier molecular flexibility index (Phi) is 6.95. The van der Waals surface area contributed by atoms with Crippen molar-refractivity contribution in [2.24, 2.45) is 0 Å². The van der Waals surface area contributed by atoms with E-state index in [1.807, 2.05) is 36.2 Å². The molecule has 2 aromatic rings. The van der Waals surface area contributed by atoms with Gasteiger partial charge in [-0.05, 0) is 56.4 Å². The van der Waals surface area contributed by atoms with Crippen molar-refractivity contribution in [3.05, 3.63) is 53.6 Å². The van der Waals surface area contributed by atoms with Gasteiger partial charge >= 0.3 is 0 Å². The number of methoxy groups -OCH3 is 1. The monoisotopic (exact) mass is 391 g/mol. The molecule has 0 fully saturated rings. The predicted octanol–water partition coefficient (Wildman–Crippen LogP) is 1.98. The van der Waals surface area contributed by atoms with Crippen molar-refractivity contribution < 1.29 is 17.9 Å². The molecule has 0 atom stereocenters. The first kappa shape index (κ1) is 20.9. The zero-order valence-electron chi connectivity index (χ0n) is 15.9. The number of benzene rings is 2. The lowest BCUT2D eigenvalue weighted by Crippen LogP contribution is -2.30. The predicted molar refractivity (Wildman–Crippen MR) is 105 cm³/mol. The van der Waals surface area contributed by atoms with E-state index >= 15 is 0 Å². The molecule has 0 aliphatic carbocycles. The first-order chi connectivity index (χ1) is 12.7. The van der Waals surface area contributed by atoms with Crippen LogP contribution in [0.1, 0.15) is 11.1 Å². The van der Waals surface area contributed by atoms with E-state index in [4.69, 9.17) is 4.74 Å². The van der Waals surface area contributed by atoms with Gasteiger partial charge in [-0.15, -0.1) is 0 Å². The highest BCUT2D eigenvalue weighted by atomic mass is 32.2. The number of anilines is 1. The van der Waals surface area contributed by atoms with Crippen molar-refractivity contribution >= 4 is 21.6 Å². The number of aryl methyl sites for hydroxylation is 1. The van der Waals surface area contributed by atoms with E-state index < -0.39 is 10.0 Å². The lowest BCUT2D eigenvalue weighted by molar-refractivity contribution is -0.117. The Morgan fingerprint density at radius 1 is 1.19 bits per heavy atom. The summed E-state index contributed by atoms with van der Waals surface area (Å²) in [6.45, 7) is 2.45. The van der Waals surface area contributed by atoms with Crippen LogP contribution in [0, 0.1) is 6.92 Å². The molecule has 27 heavy (non-hydrogen) atoms. The third-order valence-corrected chi connectivity index (χ3v) is 5.59. The molecule has 1 amide bonds. The fourth-order valence-corrected chi connectivity index (χ4v) is 3.66. The molecule has 0 spiro atoms. The Labute approximate surface area is 160 Å². The van der Waals surface area contributed by atoms with E-state index in [1.165, 1.54) is 13.1 Å². The summed E-state index contributed by atoms with van der Waals surface area (Å²) < 4.78 is 31.6. The highest BCUT2D eigenvalue weighted by Gasteiger charge is 2.16. The molecule has 2 N–H and O–H groups in total. The van der Waals surface area contributed by atoms with E-state index in [-0.39, 0.29) is 17.3 Å². The number of nitrogens with one attached hydrogen (secondary N) is 2. The summed E-state index contributed by atoms with van der Waals surface area (Å²) >= 11 is 0. The quantitative estimate of drug-likeness (QED) is 0.718. The maximum absolute atomic E-state index is 12.3. The second kappa shape index (κ2) is 8.98. The van der Waals surface area contributed by atoms with E-state index in [0.29, 0.717) is 17.8 Å². The lowest BCUT2D eigenvalue weighted by atomic mass is 10.2. The second-order valence-electron chi connectivity index (χ2n) is 6.26. The summed E-state index contributed by atoms with van der Waals surface area (Å²) in [5, 5.41) is 2.75. The van der Waals surface area contributed by atoms with Gasteiger partial charge in [0.05, 0.1) is 18.6 Å². The molecule has 7 nitrogen and oxygen atoms in total. The van der Waals surface area contributed by atoms with Crippen LogP contribution in [-0.4, -0.2) is 47.0 Å². The van der Waals surface area contributed by atoms with Crippen molar-refractivity contribution in [1.82, 2.24) is 9.62 Å². The topological polar surface area (TPSA) is 87.7 Å². The smallest absolute Gasteiger partial charge is 0.240 e. The molecule has 0 saturated heterocycles. The number of likely N-dealkylation sites (N-methyl/N-ethyl adjacent to an activating group) is 1. The average molecular weight is 391 g/mol. The zero-order chi connectivity index (χ0) is 20.0.